The molecule has 144 valence electrons. The molecule has 2 aromatic carbocycles. The lowest BCUT2D eigenvalue weighted by Gasteiger charge is -2.10. The molecule has 7 heteroatoms. The molecule has 3 rings (SSSR count). The van der Waals surface area contributed by atoms with Crippen molar-refractivity contribution in [2.75, 3.05) is 12.4 Å². The second kappa shape index (κ2) is 7.96. The standard InChI is InChI=1S/C21H21N3O4/c1-13-19(14(2)24(3)23-13)21(26)28-16-11-9-15(10-12-16)22-20(25)17-7-5-6-8-18(17)27-4/h5-12H,1-4H3,(H,22,25). The molecule has 0 aliphatic rings. The van der Waals surface area contributed by atoms with Gasteiger partial charge in [0.25, 0.3) is 5.91 Å². The van der Waals surface area contributed by atoms with E-state index in [0.717, 1.165) is 5.69 Å². The average Bonchev–Trinajstić information content (AvgIpc) is 2.95. The van der Waals surface area contributed by atoms with E-state index in [-0.39, 0.29) is 5.91 Å². The van der Waals surface area contributed by atoms with Gasteiger partial charge in [0.15, 0.2) is 0 Å². The Bertz CT molecular complexity index is 1020. The molecule has 0 radical (unpaired) electrons. The Labute approximate surface area is 162 Å². The lowest BCUT2D eigenvalue weighted by atomic mass is 10.2. The Morgan fingerprint density at radius 2 is 1.71 bits per heavy atom. The number of benzene rings is 2. The number of methoxy groups -OCH3 is 1. The molecule has 7 nitrogen and oxygen atoms in total. The number of aryl methyl sites for hydroxylation is 2. The van der Waals surface area contributed by atoms with Crippen molar-refractivity contribution in [2.24, 2.45) is 7.05 Å². The summed E-state index contributed by atoms with van der Waals surface area (Å²) in [7, 11) is 3.29. The highest BCUT2D eigenvalue weighted by atomic mass is 16.5. The Kier molecular flexibility index (Phi) is 5.44. The number of hydrogen-bond acceptors (Lipinski definition) is 5. The van der Waals surface area contributed by atoms with Crippen LogP contribution in [-0.2, 0) is 7.05 Å². The third-order valence-corrected chi connectivity index (χ3v) is 4.39. The number of anilines is 1. The van der Waals surface area contributed by atoms with Crippen LogP contribution in [0.5, 0.6) is 11.5 Å². The van der Waals surface area contributed by atoms with Gasteiger partial charge in [0.05, 0.1) is 18.4 Å². The maximum absolute atomic E-state index is 12.4. The van der Waals surface area contributed by atoms with Crippen molar-refractivity contribution in [3.05, 3.63) is 71.0 Å². The van der Waals surface area contributed by atoms with Crippen molar-refractivity contribution in [3.63, 3.8) is 0 Å². The summed E-state index contributed by atoms with van der Waals surface area (Å²) in [5.74, 6) is 0.119. The van der Waals surface area contributed by atoms with Gasteiger partial charge in [-0.05, 0) is 50.2 Å². The topological polar surface area (TPSA) is 82.4 Å². The third-order valence-electron chi connectivity index (χ3n) is 4.39. The maximum Gasteiger partial charge on any atom is 0.347 e. The van der Waals surface area contributed by atoms with Gasteiger partial charge in [-0.25, -0.2) is 4.79 Å². The number of amides is 1. The summed E-state index contributed by atoms with van der Waals surface area (Å²) in [6, 6.07) is 13.5. The van der Waals surface area contributed by atoms with E-state index < -0.39 is 5.97 Å². The number of ether oxygens (including phenoxy) is 2. The molecule has 1 aromatic heterocycles. The van der Waals surface area contributed by atoms with Crippen molar-refractivity contribution in [2.45, 2.75) is 13.8 Å². The average molecular weight is 379 g/mol. The van der Waals surface area contributed by atoms with Gasteiger partial charge in [-0.3, -0.25) is 9.48 Å². The van der Waals surface area contributed by atoms with Crippen molar-refractivity contribution in [1.29, 1.82) is 0 Å². The summed E-state index contributed by atoms with van der Waals surface area (Å²) in [6.45, 7) is 3.58. The molecule has 0 saturated heterocycles. The fourth-order valence-corrected chi connectivity index (χ4v) is 2.86. The number of hydrogen-bond donors (Lipinski definition) is 1. The lowest BCUT2D eigenvalue weighted by molar-refractivity contribution is 0.0733. The van der Waals surface area contributed by atoms with Crippen LogP contribution in [-0.4, -0.2) is 28.8 Å². The Morgan fingerprint density at radius 3 is 2.32 bits per heavy atom. The molecule has 1 heterocycles. The van der Waals surface area contributed by atoms with Crippen LogP contribution in [0.25, 0.3) is 0 Å². The monoisotopic (exact) mass is 379 g/mol. The minimum atomic E-state index is -0.464. The van der Waals surface area contributed by atoms with Crippen molar-refractivity contribution >= 4 is 17.6 Å². The Balaban J connectivity index is 1.70. The Hall–Kier alpha value is -3.61. The van der Waals surface area contributed by atoms with Crippen LogP contribution < -0.4 is 14.8 Å². The predicted octanol–water partition coefficient (Wildman–Crippen LogP) is 3.52. The minimum Gasteiger partial charge on any atom is -0.496 e. The second-order valence-corrected chi connectivity index (χ2v) is 6.24. The van der Waals surface area contributed by atoms with Crippen molar-refractivity contribution in [3.8, 4) is 11.5 Å². The molecule has 1 amide bonds. The maximum atomic E-state index is 12.4. The lowest BCUT2D eigenvalue weighted by Crippen LogP contribution is -2.13. The van der Waals surface area contributed by atoms with Gasteiger partial charge in [-0.1, -0.05) is 12.1 Å². The molecule has 1 N–H and O–H groups in total. The number of para-hydroxylation sites is 1. The minimum absolute atomic E-state index is 0.288. The van der Waals surface area contributed by atoms with E-state index in [1.54, 1.807) is 67.2 Å². The molecule has 0 atom stereocenters. The summed E-state index contributed by atoms with van der Waals surface area (Å²) in [4.78, 5) is 24.9. The highest BCUT2D eigenvalue weighted by molar-refractivity contribution is 6.06. The number of rotatable bonds is 5. The first-order valence-electron chi connectivity index (χ1n) is 8.67. The smallest absolute Gasteiger partial charge is 0.347 e. The number of carbonyl (C=O) groups excluding carboxylic acids is 2. The van der Waals surface area contributed by atoms with E-state index in [4.69, 9.17) is 9.47 Å². The largest absolute Gasteiger partial charge is 0.496 e. The van der Waals surface area contributed by atoms with Crippen LogP contribution in [0.4, 0.5) is 5.69 Å². The predicted molar refractivity (Wildman–Crippen MR) is 105 cm³/mol. The first-order valence-corrected chi connectivity index (χ1v) is 8.67. The summed E-state index contributed by atoms with van der Waals surface area (Å²) in [6.07, 6.45) is 0. The summed E-state index contributed by atoms with van der Waals surface area (Å²) in [5.41, 5.74) is 2.82. The fraction of sp³-hybridized carbons (Fsp3) is 0.190. The van der Waals surface area contributed by atoms with Gasteiger partial charge in [0.1, 0.15) is 17.1 Å². The van der Waals surface area contributed by atoms with Crippen molar-refractivity contribution < 1.29 is 19.1 Å². The molecule has 0 bridgehead atoms. The molecule has 28 heavy (non-hydrogen) atoms. The van der Waals surface area contributed by atoms with Crippen LogP contribution in [0, 0.1) is 13.8 Å². The number of carbonyl (C=O) groups is 2. The Morgan fingerprint density at radius 1 is 1.04 bits per heavy atom. The molecule has 0 aliphatic heterocycles. The molecule has 0 saturated carbocycles. The SMILES string of the molecule is COc1ccccc1C(=O)Nc1ccc(OC(=O)c2c(C)nn(C)c2C)cc1. The molecule has 0 aliphatic carbocycles. The zero-order chi connectivity index (χ0) is 20.3. The van der Waals surface area contributed by atoms with Gasteiger partial charge >= 0.3 is 5.97 Å². The van der Waals surface area contributed by atoms with Gasteiger partial charge in [-0.15, -0.1) is 0 Å². The van der Waals surface area contributed by atoms with E-state index >= 15 is 0 Å². The number of esters is 1. The first kappa shape index (κ1) is 19.2. The molecule has 0 unspecified atom stereocenters. The zero-order valence-electron chi connectivity index (χ0n) is 16.1. The highest BCUT2D eigenvalue weighted by Gasteiger charge is 2.19. The van der Waals surface area contributed by atoms with E-state index in [9.17, 15) is 9.59 Å². The van der Waals surface area contributed by atoms with Crippen LogP contribution in [0.15, 0.2) is 48.5 Å². The summed E-state index contributed by atoms with van der Waals surface area (Å²) in [5, 5.41) is 7.02. The summed E-state index contributed by atoms with van der Waals surface area (Å²) >= 11 is 0. The zero-order valence-corrected chi connectivity index (χ0v) is 16.1. The van der Waals surface area contributed by atoms with Crippen LogP contribution in [0.1, 0.15) is 32.1 Å². The van der Waals surface area contributed by atoms with Crippen LogP contribution in [0.3, 0.4) is 0 Å². The first-order chi connectivity index (χ1) is 13.4. The quantitative estimate of drug-likeness (QED) is 0.542. The van der Waals surface area contributed by atoms with E-state index in [2.05, 4.69) is 10.4 Å². The van der Waals surface area contributed by atoms with Crippen molar-refractivity contribution in [1.82, 2.24) is 9.78 Å². The highest BCUT2D eigenvalue weighted by Crippen LogP contribution is 2.22. The molecule has 3 aromatic rings. The molecule has 0 fully saturated rings. The molecule has 0 spiro atoms. The number of nitrogens with zero attached hydrogens (tertiary/aromatic N) is 2. The van der Waals surface area contributed by atoms with E-state index in [0.29, 0.717) is 34.0 Å². The van der Waals surface area contributed by atoms with E-state index in [1.807, 2.05) is 6.92 Å². The summed E-state index contributed by atoms with van der Waals surface area (Å²) < 4.78 is 12.3. The third kappa shape index (κ3) is 3.88. The molecular weight excluding hydrogens is 358 g/mol. The number of aromatic nitrogens is 2. The van der Waals surface area contributed by atoms with Gasteiger partial charge in [-0.2, -0.15) is 5.10 Å². The van der Waals surface area contributed by atoms with Gasteiger partial charge in [0, 0.05) is 18.4 Å². The van der Waals surface area contributed by atoms with Crippen LogP contribution >= 0.6 is 0 Å². The second-order valence-electron chi connectivity index (χ2n) is 6.24. The number of nitrogens with one attached hydrogen (secondary N) is 1. The fourth-order valence-electron chi connectivity index (χ4n) is 2.86. The van der Waals surface area contributed by atoms with E-state index in [1.165, 1.54) is 7.11 Å². The van der Waals surface area contributed by atoms with Gasteiger partial charge in [0.2, 0.25) is 0 Å². The normalized spacial score (nSPS) is 10.4. The van der Waals surface area contributed by atoms with Crippen LogP contribution in [0.2, 0.25) is 0 Å². The van der Waals surface area contributed by atoms with Gasteiger partial charge < -0.3 is 14.8 Å². The molecular formula is C21H21N3O4.